The molecule has 1 unspecified atom stereocenters. The summed E-state index contributed by atoms with van der Waals surface area (Å²) in [4.78, 5) is 4.30. The van der Waals surface area contributed by atoms with Gasteiger partial charge in [-0.1, -0.05) is 18.7 Å². The summed E-state index contributed by atoms with van der Waals surface area (Å²) in [5.74, 6) is 1.49. The number of hydrogen-bond acceptors (Lipinski definition) is 6. The number of hydrogen-bond donors (Lipinski definition) is 1. The maximum atomic E-state index is 9.52. The minimum absolute atomic E-state index is 0.392. The van der Waals surface area contributed by atoms with Gasteiger partial charge in [-0.05, 0) is 18.5 Å². The quantitative estimate of drug-likeness (QED) is 0.743. The molecule has 1 aromatic rings. The molecule has 1 N–H and O–H groups in total. The molecule has 1 rings (SSSR count). The predicted octanol–water partition coefficient (Wildman–Crippen LogP) is 1.59. The molecule has 0 saturated heterocycles. The first kappa shape index (κ1) is 12.9. The molecular weight excluding hydrogens is 232 g/mol. The highest BCUT2D eigenvalue weighted by atomic mass is 32.2. The van der Waals surface area contributed by atoms with Crippen molar-refractivity contribution in [3.8, 4) is 0 Å². The number of aliphatic hydroxyl groups is 1. The largest absolute Gasteiger partial charge is 0.390 e. The molecule has 86 valence electrons. The lowest BCUT2D eigenvalue weighted by atomic mass is 10.4. The highest BCUT2D eigenvalue weighted by Crippen LogP contribution is 2.20. The minimum atomic E-state index is -0.427. The van der Waals surface area contributed by atoms with Gasteiger partial charge in [0.1, 0.15) is 5.82 Å². The minimum Gasteiger partial charge on any atom is -0.390 e. The second-order valence-corrected chi connectivity index (χ2v) is 4.97. The van der Waals surface area contributed by atoms with Crippen molar-refractivity contribution in [2.75, 3.05) is 19.0 Å². The Labute approximate surface area is 98.2 Å². The normalized spacial score (nSPS) is 13.0. The lowest BCUT2D eigenvalue weighted by Crippen LogP contribution is -2.17. The molecule has 1 heterocycles. The first-order valence-electron chi connectivity index (χ1n) is 4.97. The highest BCUT2D eigenvalue weighted by Gasteiger charge is 2.08. The molecule has 6 heteroatoms. The molecule has 0 aliphatic heterocycles. The van der Waals surface area contributed by atoms with E-state index in [1.165, 1.54) is 23.3 Å². The third kappa shape index (κ3) is 4.92. The smallest absolute Gasteiger partial charge is 0.170 e. The SMILES string of the molecule is CCOCC(O)CSc1nc(CC)ns1. The Bertz CT molecular complexity index is 281. The van der Waals surface area contributed by atoms with E-state index in [2.05, 4.69) is 9.36 Å². The van der Waals surface area contributed by atoms with Crippen LogP contribution in [-0.4, -0.2) is 39.5 Å². The van der Waals surface area contributed by atoms with Crippen LogP contribution in [0.5, 0.6) is 0 Å². The van der Waals surface area contributed by atoms with Gasteiger partial charge >= 0.3 is 0 Å². The van der Waals surface area contributed by atoms with Crippen molar-refractivity contribution in [2.45, 2.75) is 30.7 Å². The molecule has 0 aromatic carbocycles. The summed E-state index contributed by atoms with van der Waals surface area (Å²) < 4.78 is 10.2. The first-order chi connectivity index (χ1) is 7.26. The van der Waals surface area contributed by atoms with Gasteiger partial charge in [0.2, 0.25) is 0 Å². The van der Waals surface area contributed by atoms with E-state index in [-0.39, 0.29) is 0 Å². The van der Waals surface area contributed by atoms with Crippen molar-refractivity contribution in [3.05, 3.63) is 5.82 Å². The summed E-state index contributed by atoms with van der Waals surface area (Å²) in [6.45, 7) is 4.97. The average molecular weight is 248 g/mol. The van der Waals surface area contributed by atoms with Crippen LogP contribution in [0.1, 0.15) is 19.7 Å². The Kier molecular flexibility index (Phi) is 6.16. The van der Waals surface area contributed by atoms with Crippen LogP contribution in [0.25, 0.3) is 0 Å². The third-order valence-electron chi connectivity index (χ3n) is 1.68. The van der Waals surface area contributed by atoms with Crippen LogP contribution in [0.2, 0.25) is 0 Å². The zero-order chi connectivity index (χ0) is 11.1. The Morgan fingerprint density at radius 1 is 1.53 bits per heavy atom. The Hall–Kier alpha value is -0.170. The summed E-state index contributed by atoms with van der Waals surface area (Å²) in [7, 11) is 0. The standard InChI is InChI=1S/C9H16N2O2S2/c1-3-8-10-9(15-11-8)14-6-7(12)5-13-4-2/h7,12H,3-6H2,1-2H3. The number of thioether (sulfide) groups is 1. The molecule has 4 nitrogen and oxygen atoms in total. The number of aryl methyl sites for hydroxylation is 1. The van der Waals surface area contributed by atoms with Gasteiger partial charge in [-0.25, -0.2) is 4.98 Å². The number of nitrogens with zero attached hydrogens (tertiary/aromatic N) is 2. The molecule has 15 heavy (non-hydrogen) atoms. The van der Waals surface area contributed by atoms with Crippen LogP contribution in [0.3, 0.4) is 0 Å². The van der Waals surface area contributed by atoms with Crippen LogP contribution in [0, 0.1) is 0 Å². The van der Waals surface area contributed by atoms with Gasteiger partial charge in [0, 0.05) is 18.8 Å². The Balaban J connectivity index is 2.24. The van der Waals surface area contributed by atoms with E-state index >= 15 is 0 Å². The van der Waals surface area contributed by atoms with Crippen LogP contribution in [0.15, 0.2) is 4.34 Å². The molecule has 0 radical (unpaired) electrons. The maximum Gasteiger partial charge on any atom is 0.170 e. The Morgan fingerprint density at radius 3 is 2.93 bits per heavy atom. The number of aliphatic hydroxyl groups excluding tert-OH is 1. The summed E-state index contributed by atoms with van der Waals surface area (Å²) >= 11 is 2.92. The lowest BCUT2D eigenvalue weighted by molar-refractivity contribution is 0.0551. The molecule has 0 spiro atoms. The summed E-state index contributed by atoms with van der Waals surface area (Å²) in [5.41, 5.74) is 0. The second-order valence-electron chi connectivity index (χ2n) is 2.95. The molecule has 1 atom stereocenters. The van der Waals surface area contributed by atoms with Gasteiger partial charge in [-0.2, -0.15) is 4.37 Å². The van der Waals surface area contributed by atoms with Crippen LogP contribution in [0.4, 0.5) is 0 Å². The van der Waals surface area contributed by atoms with Gasteiger partial charge in [0.15, 0.2) is 4.34 Å². The van der Waals surface area contributed by atoms with E-state index in [1.807, 2.05) is 13.8 Å². The fourth-order valence-corrected chi connectivity index (χ4v) is 2.54. The van der Waals surface area contributed by atoms with Gasteiger partial charge in [0.05, 0.1) is 12.7 Å². The maximum absolute atomic E-state index is 9.52. The molecule has 0 aliphatic rings. The zero-order valence-corrected chi connectivity index (χ0v) is 10.6. The van der Waals surface area contributed by atoms with E-state index in [0.717, 1.165) is 16.6 Å². The van der Waals surface area contributed by atoms with Crippen molar-refractivity contribution < 1.29 is 9.84 Å². The van der Waals surface area contributed by atoms with Crippen LogP contribution < -0.4 is 0 Å². The van der Waals surface area contributed by atoms with E-state index in [4.69, 9.17) is 4.74 Å². The number of aromatic nitrogens is 2. The van der Waals surface area contributed by atoms with E-state index in [0.29, 0.717) is 19.0 Å². The van der Waals surface area contributed by atoms with Crippen LogP contribution in [-0.2, 0) is 11.2 Å². The lowest BCUT2D eigenvalue weighted by Gasteiger charge is -2.07. The molecule has 1 aromatic heterocycles. The molecule has 0 aliphatic carbocycles. The van der Waals surface area contributed by atoms with Crippen molar-refractivity contribution in [1.82, 2.24) is 9.36 Å². The van der Waals surface area contributed by atoms with E-state index < -0.39 is 6.10 Å². The molecule has 0 fully saturated rings. The van der Waals surface area contributed by atoms with Gasteiger partial charge in [-0.15, -0.1) is 0 Å². The monoisotopic (exact) mass is 248 g/mol. The summed E-state index contributed by atoms with van der Waals surface area (Å²) in [6, 6.07) is 0. The molecule has 0 saturated carbocycles. The van der Waals surface area contributed by atoms with Crippen molar-refractivity contribution in [2.24, 2.45) is 0 Å². The highest BCUT2D eigenvalue weighted by molar-refractivity contribution is 8.00. The second kappa shape index (κ2) is 7.16. The summed E-state index contributed by atoms with van der Waals surface area (Å²) in [5, 5.41) is 9.52. The molecule has 0 bridgehead atoms. The molecule has 0 amide bonds. The van der Waals surface area contributed by atoms with Gasteiger partial charge in [-0.3, -0.25) is 0 Å². The predicted molar refractivity (Wildman–Crippen MR) is 62.5 cm³/mol. The number of rotatable bonds is 7. The third-order valence-corrected chi connectivity index (χ3v) is 3.70. The Morgan fingerprint density at radius 2 is 2.33 bits per heavy atom. The summed E-state index contributed by atoms with van der Waals surface area (Å²) in [6.07, 6.45) is 0.433. The van der Waals surface area contributed by atoms with Gasteiger partial charge < -0.3 is 9.84 Å². The zero-order valence-electron chi connectivity index (χ0n) is 8.97. The van der Waals surface area contributed by atoms with E-state index in [9.17, 15) is 5.11 Å². The topological polar surface area (TPSA) is 55.2 Å². The first-order valence-corrected chi connectivity index (χ1v) is 6.73. The van der Waals surface area contributed by atoms with Crippen molar-refractivity contribution in [3.63, 3.8) is 0 Å². The van der Waals surface area contributed by atoms with E-state index in [1.54, 1.807) is 0 Å². The van der Waals surface area contributed by atoms with Crippen LogP contribution >= 0.6 is 23.3 Å². The fraction of sp³-hybridized carbons (Fsp3) is 0.778. The van der Waals surface area contributed by atoms with Gasteiger partial charge in [0.25, 0.3) is 0 Å². The average Bonchev–Trinajstić information content (AvgIpc) is 2.71. The van der Waals surface area contributed by atoms with Crippen molar-refractivity contribution in [1.29, 1.82) is 0 Å². The number of ether oxygens (including phenoxy) is 1. The fourth-order valence-electron chi connectivity index (χ4n) is 0.910. The van der Waals surface area contributed by atoms with Crippen molar-refractivity contribution >= 4 is 23.3 Å². The molecular formula is C9H16N2O2S2.